The molecule has 2 aromatic rings. The van der Waals surface area contributed by atoms with Gasteiger partial charge in [0.25, 0.3) is 0 Å². The molecule has 0 spiro atoms. The number of aliphatic hydroxyl groups is 1. The number of aliphatic hydroxyl groups excluding tert-OH is 1. The number of amides is 1. The first-order valence-corrected chi connectivity index (χ1v) is 7.12. The van der Waals surface area contributed by atoms with Crippen LogP contribution in [0.1, 0.15) is 11.7 Å². The highest BCUT2D eigenvalue weighted by Gasteiger charge is 2.17. The molecule has 1 unspecified atom stereocenters. The summed E-state index contributed by atoms with van der Waals surface area (Å²) in [5.41, 5.74) is 0.544. The van der Waals surface area contributed by atoms with E-state index >= 15 is 0 Å². The van der Waals surface area contributed by atoms with Crippen molar-refractivity contribution in [1.29, 1.82) is 0 Å². The van der Waals surface area contributed by atoms with Crippen molar-refractivity contribution < 1.29 is 18.7 Å². The van der Waals surface area contributed by atoms with E-state index in [4.69, 9.17) is 0 Å². The summed E-state index contributed by atoms with van der Waals surface area (Å²) in [7, 11) is 1.62. The molecular weight excluding hydrogens is 302 g/mol. The molecule has 2 aromatic carbocycles. The highest BCUT2D eigenvalue weighted by atomic mass is 19.1. The molecule has 2 rings (SSSR count). The Morgan fingerprint density at radius 2 is 1.91 bits per heavy atom. The maximum atomic E-state index is 13.6. The molecule has 23 heavy (non-hydrogen) atoms. The van der Waals surface area contributed by atoms with Gasteiger partial charge < -0.3 is 10.4 Å². The Bertz CT molecular complexity index is 665. The normalized spacial score (nSPS) is 12.2. The molecule has 0 aliphatic carbocycles. The van der Waals surface area contributed by atoms with Crippen molar-refractivity contribution in [2.75, 3.05) is 25.5 Å². The first kappa shape index (κ1) is 17.1. The second-order valence-electron chi connectivity index (χ2n) is 5.29. The van der Waals surface area contributed by atoms with Gasteiger partial charge in [0.15, 0.2) is 0 Å². The van der Waals surface area contributed by atoms with Crippen molar-refractivity contribution in [2.45, 2.75) is 6.10 Å². The number of halogens is 2. The minimum absolute atomic E-state index is 0.00256. The van der Waals surface area contributed by atoms with Crippen LogP contribution in [0.2, 0.25) is 0 Å². The van der Waals surface area contributed by atoms with E-state index in [0.717, 1.165) is 18.2 Å². The van der Waals surface area contributed by atoms with Crippen molar-refractivity contribution in [3.05, 3.63) is 65.7 Å². The summed E-state index contributed by atoms with van der Waals surface area (Å²) in [6, 6.07) is 11.9. The first-order chi connectivity index (χ1) is 11.0. The van der Waals surface area contributed by atoms with E-state index in [2.05, 4.69) is 5.32 Å². The number of anilines is 1. The fourth-order valence-corrected chi connectivity index (χ4v) is 2.20. The summed E-state index contributed by atoms with van der Waals surface area (Å²) in [5, 5.41) is 12.7. The number of carbonyl (C=O) groups excluding carboxylic acids is 1. The van der Waals surface area contributed by atoms with Gasteiger partial charge in [-0.25, -0.2) is 8.78 Å². The highest BCUT2D eigenvalue weighted by molar-refractivity contribution is 5.92. The molecule has 0 aromatic heterocycles. The third-order valence-corrected chi connectivity index (χ3v) is 3.27. The number of hydrogen-bond donors (Lipinski definition) is 2. The maximum Gasteiger partial charge on any atom is 0.238 e. The van der Waals surface area contributed by atoms with Crippen molar-refractivity contribution in [2.24, 2.45) is 0 Å². The zero-order valence-corrected chi connectivity index (χ0v) is 12.7. The Morgan fingerprint density at radius 3 is 2.61 bits per heavy atom. The van der Waals surface area contributed by atoms with E-state index in [0.29, 0.717) is 5.69 Å². The van der Waals surface area contributed by atoms with Crippen LogP contribution in [0.15, 0.2) is 48.5 Å². The Kier molecular flexibility index (Phi) is 5.78. The van der Waals surface area contributed by atoms with Crippen LogP contribution in [0.3, 0.4) is 0 Å². The number of hydrogen-bond acceptors (Lipinski definition) is 3. The fourth-order valence-electron chi connectivity index (χ4n) is 2.20. The zero-order valence-electron chi connectivity index (χ0n) is 12.7. The molecule has 0 saturated carbocycles. The summed E-state index contributed by atoms with van der Waals surface area (Å²) in [6.07, 6.45) is -1.22. The molecule has 0 heterocycles. The Morgan fingerprint density at radius 1 is 1.22 bits per heavy atom. The minimum Gasteiger partial charge on any atom is -0.387 e. The Labute approximate surface area is 133 Å². The van der Waals surface area contributed by atoms with Crippen LogP contribution in [-0.4, -0.2) is 36.1 Å². The van der Waals surface area contributed by atoms with Crippen molar-refractivity contribution in [3.63, 3.8) is 0 Å². The monoisotopic (exact) mass is 320 g/mol. The Hall–Kier alpha value is -2.31. The standard InChI is InChI=1S/C17H18F2N2O2/c1-21(11-17(23)20-13-5-3-2-4-6-13)10-16(22)14-9-12(18)7-8-15(14)19/h2-9,16,22H,10-11H2,1H3,(H,20,23). The second-order valence-corrected chi connectivity index (χ2v) is 5.29. The van der Waals surface area contributed by atoms with Gasteiger partial charge in [0.05, 0.1) is 12.6 Å². The average Bonchev–Trinajstić information content (AvgIpc) is 2.50. The smallest absolute Gasteiger partial charge is 0.238 e. The van der Waals surface area contributed by atoms with E-state index in [1.165, 1.54) is 4.90 Å². The van der Waals surface area contributed by atoms with Crippen LogP contribution >= 0.6 is 0 Å². The van der Waals surface area contributed by atoms with E-state index in [1.54, 1.807) is 31.3 Å². The van der Waals surface area contributed by atoms with E-state index < -0.39 is 17.7 Å². The number of carbonyl (C=O) groups is 1. The van der Waals surface area contributed by atoms with Crippen molar-refractivity contribution in [1.82, 2.24) is 4.90 Å². The summed E-state index contributed by atoms with van der Waals surface area (Å²) in [6.45, 7) is 0.0193. The molecule has 0 aliphatic rings. The molecule has 0 bridgehead atoms. The minimum atomic E-state index is -1.22. The number of likely N-dealkylation sites (N-methyl/N-ethyl adjacent to an activating group) is 1. The maximum absolute atomic E-state index is 13.6. The van der Waals surface area contributed by atoms with E-state index in [1.807, 2.05) is 6.07 Å². The van der Waals surface area contributed by atoms with Gasteiger partial charge in [-0.3, -0.25) is 9.69 Å². The second kappa shape index (κ2) is 7.80. The Balaban J connectivity index is 1.89. The summed E-state index contributed by atoms with van der Waals surface area (Å²) >= 11 is 0. The number of rotatable bonds is 6. The van der Waals surface area contributed by atoms with E-state index in [-0.39, 0.29) is 24.6 Å². The lowest BCUT2D eigenvalue weighted by molar-refractivity contribution is -0.117. The predicted octanol–water partition coefficient (Wildman–Crippen LogP) is 2.57. The third kappa shape index (κ3) is 5.12. The van der Waals surface area contributed by atoms with Crippen LogP contribution in [-0.2, 0) is 4.79 Å². The molecule has 0 aliphatic heterocycles. The van der Waals surface area contributed by atoms with Crippen molar-refractivity contribution in [3.8, 4) is 0 Å². The van der Waals surface area contributed by atoms with Crippen LogP contribution in [0.5, 0.6) is 0 Å². The third-order valence-electron chi connectivity index (χ3n) is 3.27. The van der Waals surface area contributed by atoms with Crippen molar-refractivity contribution >= 4 is 11.6 Å². The van der Waals surface area contributed by atoms with Crippen LogP contribution in [0.25, 0.3) is 0 Å². The lowest BCUT2D eigenvalue weighted by Crippen LogP contribution is -2.33. The molecule has 2 N–H and O–H groups in total. The molecule has 6 heteroatoms. The summed E-state index contributed by atoms with van der Waals surface area (Å²) < 4.78 is 26.7. The SMILES string of the molecule is CN(CC(=O)Nc1ccccc1)CC(O)c1cc(F)ccc1F. The molecule has 4 nitrogen and oxygen atoms in total. The first-order valence-electron chi connectivity index (χ1n) is 7.12. The number of nitrogens with one attached hydrogen (secondary N) is 1. The number of benzene rings is 2. The van der Waals surface area contributed by atoms with Gasteiger partial charge in [-0.2, -0.15) is 0 Å². The predicted molar refractivity (Wildman–Crippen MR) is 83.9 cm³/mol. The van der Waals surface area contributed by atoms with E-state index in [9.17, 15) is 18.7 Å². The summed E-state index contributed by atoms with van der Waals surface area (Å²) in [5.74, 6) is -1.56. The quantitative estimate of drug-likeness (QED) is 0.860. The summed E-state index contributed by atoms with van der Waals surface area (Å²) in [4.78, 5) is 13.4. The molecule has 1 amide bonds. The van der Waals surface area contributed by atoms with Gasteiger partial charge in [0.2, 0.25) is 5.91 Å². The fraction of sp³-hybridized carbons (Fsp3) is 0.235. The molecule has 122 valence electrons. The van der Waals surface area contributed by atoms with Gasteiger partial charge >= 0.3 is 0 Å². The van der Waals surface area contributed by atoms with Gasteiger partial charge in [0.1, 0.15) is 11.6 Å². The highest BCUT2D eigenvalue weighted by Crippen LogP contribution is 2.19. The largest absolute Gasteiger partial charge is 0.387 e. The topological polar surface area (TPSA) is 52.6 Å². The van der Waals surface area contributed by atoms with Gasteiger partial charge in [0, 0.05) is 17.8 Å². The van der Waals surface area contributed by atoms with Gasteiger partial charge in [-0.05, 0) is 37.4 Å². The molecular formula is C17H18F2N2O2. The lowest BCUT2D eigenvalue weighted by atomic mass is 10.1. The average molecular weight is 320 g/mol. The number of nitrogens with zero attached hydrogens (tertiary/aromatic N) is 1. The number of para-hydroxylation sites is 1. The molecule has 0 radical (unpaired) electrons. The lowest BCUT2D eigenvalue weighted by Gasteiger charge is -2.20. The van der Waals surface area contributed by atoms with Crippen LogP contribution in [0, 0.1) is 11.6 Å². The molecule has 0 fully saturated rings. The van der Waals surface area contributed by atoms with Gasteiger partial charge in [-0.1, -0.05) is 18.2 Å². The zero-order chi connectivity index (χ0) is 16.8. The van der Waals surface area contributed by atoms with Crippen LogP contribution in [0.4, 0.5) is 14.5 Å². The van der Waals surface area contributed by atoms with Gasteiger partial charge in [-0.15, -0.1) is 0 Å². The molecule has 1 atom stereocenters. The molecule has 0 saturated heterocycles. The van der Waals surface area contributed by atoms with Crippen LogP contribution < -0.4 is 5.32 Å².